The van der Waals surface area contributed by atoms with E-state index in [1.165, 1.54) is 29.0 Å². The number of guanidine groups is 1. The smallest absolute Gasteiger partial charge is 0.239 e. The zero-order chi connectivity index (χ0) is 17.4. The van der Waals surface area contributed by atoms with Crippen LogP contribution in [0.5, 0.6) is 0 Å². The molecule has 1 aromatic heterocycles. The number of hydrogen-bond donors (Lipinski definition) is 3. The van der Waals surface area contributed by atoms with Crippen LogP contribution in [0.15, 0.2) is 17.1 Å². The van der Waals surface area contributed by atoms with Crippen LogP contribution in [0.25, 0.3) is 0 Å². The van der Waals surface area contributed by atoms with Crippen LogP contribution in [0.1, 0.15) is 48.8 Å². The molecule has 1 unspecified atom stereocenters. The Hall–Kier alpha value is -0.830. The fourth-order valence-electron chi connectivity index (χ4n) is 3.07. The largest absolute Gasteiger partial charge is 0.354 e. The standard InChI is InChI=1S/C18H30N4OS.HI/c1-13(11-16-10-9-14(2)24-16)21-18(19-3)20-12-17(23)22-15-7-5-4-6-8-15;/h9-10,13,15H,4-8,11-12H2,1-3H3,(H,22,23)(H2,19,20,21);1H. The Balaban J connectivity index is 0.00000312. The van der Waals surface area contributed by atoms with E-state index in [4.69, 9.17) is 0 Å². The fourth-order valence-corrected chi connectivity index (χ4v) is 4.08. The van der Waals surface area contributed by atoms with E-state index in [9.17, 15) is 4.79 Å². The van der Waals surface area contributed by atoms with Crippen molar-refractivity contribution < 1.29 is 4.79 Å². The Morgan fingerprint density at radius 2 is 2.04 bits per heavy atom. The molecule has 0 radical (unpaired) electrons. The Labute approximate surface area is 172 Å². The molecule has 1 amide bonds. The quantitative estimate of drug-likeness (QED) is 0.334. The van der Waals surface area contributed by atoms with Crippen molar-refractivity contribution >= 4 is 47.2 Å². The van der Waals surface area contributed by atoms with Crippen LogP contribution in [0.3, 0.4) is 0 Å². The third-order valence-electron chi connectivity index (χ3n) is 4.30. The lowest BCUT2D eigenvalue weighted by Crippen LogP contribution is -2.48. The third-order valence-corrected chi connectivity index (χ3v) is 5.32. The summed E-state index contributed by atoms with van der Waals surface area (Å²) in [6, 6.07) is 4.93. The number of amides is 1. The summed E-state index contributed by atoms with van der Waals surface area (Å²) < 4.78 is 0. The average Bonchev–Trinajstić information content (AvgIpc) is 2.97. The maximum atomic E-state index is 12.1. The molecule has 1 atom stereocenters. The highest BCUT2D eigenvalue weighted by Crippen LogP contribution is 2.17. The molecule has 1 aliphatic rings. The summed E-state index contributed by atoms with van der Waals surface area (Å²) in [5, 5.41) is 9.57. The SMILES string of the molecule is CN=C(NCC(=O)NC1CCCCC1)NC(C)Cc1ccc(C)s1.I. The number of nitrogens with one attached hydrogen (secondary N) is 3. The molecule has 1 fully saturated rings. The number of nitrogens with zero attached hydrogens (tertiary/aromatic N) is 1. The number of hydrogen-bond acceptors (Lipinski definition) is 3. The van der Waals surface area contributed by atoms with E-state index in [-0.39, 0.29) is 42.5 Å². The van der Waals surface area contributed by atoms with Crippen molar-refractivity contribution in [2.75, 3.05) is 13.6 Å². The monoisotopic (exact) mass is 478 g/mol. The van der Waals surface area contributed by atoms with Gasteiger partial charge >= 0.3 is 0 Å². The van der Waals surface area contributed by atoms with Crippen molar-refractivity contribution in [2.45, 2.75) is 64.5 Å². The number of aryl methyl sites for hydroxylation is 1. The number of thiophene rings is 1. The molecular weight excluding hydrogens is 447 g/mol. The van der Waals surface area contributed by atoms with Gasteiger partial charge in [-0.05, 0) is 38.8 Å². The summed E-state index contributed by atoms with van der Waals surface area (Å²) in [6.45, 7) is 4.52. The summed E-state index contributed by atoms with van der Waals surface area (Å²) in [4.78, 5) is 19.0. The van der Waals surface area contributed by atoms with E-state index in [2.05, 4.69) is 46.9 Å². The predicted molar refractivity (Wildman–Crippen MR) is 117 cm³/mol. The topological polar surface area (TPSA) is 65.5 Å². The van der Waals surface area contributed by atoms with Gasteiger partial charge in [0.05, 0.1) is 6.54 Å². The van der Waals surface area contributed by atoms with Gasteiger partial charge < -0.3 is 16.0 Å². The first-order valence-electron chi connectivity index (χ1n) is 8.88. The lowest BCUT2D eigenvalue weighted by molar-refractivity contribution is -0.120. The van der Waals surface area contributed by atoms with Crippen molar-refractivity contribution in [2.24, 2.45) is 4.99 Å². The van der Waals surface area contributed by atoms with E-state index in [1.54, 1.807) is 7.05 Å². The second-order valence-corrected chi connectivity index (χ2v) is 7.96. The molecule has 7 heteroatoms. The minimum Gasteiger partial charge on any atom is -0.354 e. The molecular formula is C18H31IN4OS. The predicted octanol–water partition coefficient (Wildman–Crippen LogP) is 3.22. The van der Waals surface area contributed by atoms with Gasteiger partial charge in [0.2, 0.25) is 5.91 Å². The molecule has 0 aromatic carbocycles. The lowest BCUT2D eigenvalue weighted by atomic mass is 9.95. The Kier molecular flexibility index (Phi) is 10.4. The molecule has 1 saturated carbocycles. The van der Waals surface area contributed by atoms with Crippen molar-refractivity contribution in [3.8, 4) is 0 Å². The second-order valence-electron chi connectivity index (χ2n) is 6.59. The van der Waals surface area contributed by atoms with E-state index >= 15 is 0 Å². The molecule has 0 saturated heterocycles. The minimum atomic E-state index is 0. The maximum Gasteiger partial charge on any atom is 0.239 e. The molecule has 3 N–H and O–H groups in total. The highest BCUT2D eigenvalue weighted by molar-refractivity contribution is 14.0. The molecule has 142 valence electrons. The molecule has 25 heavy (non-hydrogen) atoms. The van der Waals surface area contributed by atoms with Crippen LogP contribution in [0, 0.1) is 6.92 Å². The van der Waals surface area contributed by atoms with Gasteiger partial charge in [-0.25, -0.2) is 0 Å². The Bertz CT molecular complexity index is 555. The summed E-state index contributed by atoms with van der Waals surface area (Å²) >= 11 is 1.82. The maximum absolute atomic E-state index is 12.1. The van der Waals surface area contributed by atoms with E-state index in [1.807, 2.05) is 11.3 Å². The number of halogens is 1. The first kappa shape index (κ1) is 22.2. The van der Waals surface area contributed by atoms with Gasteiger partial charge in [-0.3, -0.25) is 9.79 Å². The molecule has 0 aliphatic heterocycles. The first-order valence-corrected chi connectivity index (χ1v) is 9.70. The highest BCUT2D eigenvalue weighted by atomic mass is 127. The van der Waals surface area contributed by atoms with Gasteiger partial charge in [0.25, 0.3) is 0 Å². The van der Waals surface area contributed by atoms with E-state index in [0.29, 0.717) is 12.0 Å². The molecule has 0 bridgehead atoms. The van der Waals surface area contributed by atoms with Crippen LogP contribution in [-0.4, -0.2) is 37.5 Å². The van der Waals surface area contributed by atoms with Crippen molar-refractivity contribution in [1.29, 1.82) is 0 Å². The minimum absolute atomic E-state index is 0. The van der Waals surface area contributed by atoms with Gasteiger partial charge in [-0.1, -0.05) is 19.3 Å². The number of rotatable bonds is 6. The van der Waals surface area contributed by atoms with Gasteiger partial charge in [0, 0.05) is 35.3 Å². The molecule has 1 aromatic rings. The first-order chi connectivity index (χ1) is 11.6. The van der Waals surface area contributed by atoms with Gasteiger partial charge in [0.1, 0.15) is 0 Å². The Morgan fingerprint density at radius 1 is 1.32 bits per heavy atom. The van der Waals surface area contributed by atoms with Crippen LogP contribution >= 0.6 is 35.3 Å². The normalized spacial score (nSPS) is 16.7. The molecule has 0 spiro atoms. The zero-order valence-corrected chi connectivity index (χ0v) is 18.6. The summed E-state index contributed by atoms with van der Waals surface area (Å²) in [5.74, 6) is 0.723. The number of carbonyl (C=O) groups is 1. The molecule has 5 nitrogen and oxygen atoms in total. The molecule has 1 heterocycles. The summed E-state index contributed by atoms with van der Waals surface area (Å²) in [7, 11) is 1.73. The van der Waals surface area contributed by atoms with E-state index < -0.39 is 0 Å². The van der Waals surface area contributed by atoms with Crippen LogP contribution in [0.2, 0.25) is 0 Å². The average molecular weight is 478 g/mol. The van der Waals surface area contributed by atoms with Gasteiger partial charge in [-0.15, -0.1) is 35.3 Å². The van der Waals surface area contributed by atoms with Gasteiger partial charge in [-0.2, -0.15) is 0 Å². The van der Waals surface area contributed by atoms with Crippen molar-refractivity contribution in [3.63, 3.8) is 0 Å². The van der Waals surface area contributed by atoms with Crippen LogP contribution < -0.4 is 16.0 Å². The fraction of sp³-hybridized carbons (Fsp3) is 0.667. The second kappa shape index (κ2) is 11.7. The zero-order valence-electron chi connectivity index (χ0n) is 15.4. The Morgan fingerprint density at radius 3 is 2.64 bits per heavy atom. The number of carbonyl (C=O) groups excluding carboxylic acids is 1. The highest BCUT2D eigenvalue weighted by Gasteiger charge is 2.16. The third kappa shape index (κ3) is 8.40. The molecule has 2 rings (SSSR count). The lowest BCUT2D eigenvalue weighted by Gasteiger charge is -2.23. The van der Waals surface area contributed by atoms with E-state index in [0.717, 1.165) is 19.3 Å². The van der Waals surface area contributed by atoms with Crippen molar-refractivity contribution in [1.82, 2.24) is 16.0 Å². The summed E-state index contributed by atoms with van der Waals surface area (Å²) in [5.41, 5.74) is 0. The molecule has 1 aliphatic carbocycles. The van der Waals surface area contributed by atoms with Crippen molar-refractivity contribution in [3.05, 3.63) is 21.9 Å². The van der Waals surface area contributed by atoms with Crippen LogP contribution in [0.4, 0.5) is 0 Å². The summed E-state index contributed by atoms with van der Waals surface area (Å²) in [6.07, 6.45) is 6.91. The van der Waals surface area contributed by atoms with Crippen LogP contribution in [-0.2, 0) is 11.2 Å². The van der Waals surface area contributed by atoms with Gasteiger partial charge in [0.15, 0.2) is 5.96 Å². The number of aliphatic imine (C=N–C) groups is 1.